The molecule has 136 valence electrons. The Morgan fingerprint density at radius 1 is 0.870 bits per heavy atom. The second-order valence-electron chi connectivity index (χ2n) is 4.46. The SMILES string of the molecule is FC(F)(F)C(OC=CC(F)(F)C(F)(F)F)C(C1CO1)C(F)(F)F. The zero-order chi connectivity index (χ0) is 18.3. The summed E-state index contributed by atoms with van der Waals surface area (Å²) in [5, 5.41) is 0. The maximum absolute atomic E-state index is 12.6. The van der Waals surface area contributed by atoms with Crippen LogP contribution in [0.5, 0.6) is 0 Å². The minimum atomic E-state index is -6.14. The molecule has 0 aromatic rings. The van der Waals surface area contributed by atoms with Gasteiger partial charge in [0.05, 0.1) is 19.0 Å². The van der Waals surface area contributed by atoms with Gasteiger partial charge in [-0.25, -0.2) is 0 Å². The molecular weight excluding hydrogens is 361 g/mol. The fourth-order valence-electron chi connectivity index (χ4n) is 1.51. The van der Waals surface area contributed by atoms with E-state index in [1.807, 2.05) is 0 Å². The van der Waals surface area contributed by atoms with Crippen molar-refractivity contribution in [3.63, 3.8) is 0 Å². The first-order valence-corrected chi connectivity index (χ1v) is 5.60. The Hall–Kier alpha value is -1.27. The summed E-state index contributed by atoms with van der Waals surface area (Å²) in [6, 6.07) is 0. The highest BCUT2D eigenvalue weighted by Gasteiger charge is 2.63. The summed E-state index contributed by atoms with van der Waals surface area (Å²) >= 11 is 0. The maximum atomic E-state index is 12.6. The molecule has 13 heteroatoms. The van der Waals surface area contributed by atoms with Gasteiger partial charge in [0.15, 0.2) is 0 Å². The molecule has 23 heavy (non-hydrogen) atoms. The summed E-state index contributed by atoms with van der Waals surface area (Å²) in [5.74, 6) is -8.82. The monoisotopic (exact) mass is 368 g/mol. The number of allylic oxidation sites excluding steroid dienone is 1. The number of hydrogen-bond donors (Lipinski definition) is 0. The van der Waals surface area contributed by atoms with Gasteiger partial charge in [-0.05, 0) is 0 Å². The third-order valence-corrected chi connectivity index (χ3v) is 2.67. The van der Waals surface area contributed by atoms with Crippen LogP contribution in [0.2, 0.25) is 0 Å². The van der Waals surface area contributed by atoms with E-state index in [-0.39, 0.29) is 0 Å². The van der Waals surface area contributed by atoms with Gasteiger partial charge in [0.1, 0.15) is 5.92 Å². The predicted molar refractivity (Wildman–Crippen MR) is 50.4 cm³/mol. The van der Waals surface area contributed by atoms with Crippen molar-refractivity contribution in [3.8, 4) is 0 Å². The fourth-order valence-corrected chi connectivity index (χ4v) is 1.51. The maximum Gasteiger partial charge on any atom is 0.457 e. The molecule has 0 aromatic carbocycles. The molecule has 0 amide bonds. The van der Waals surface area contributed by atoms with Crippen LogP contribution in [0, 0.1) is 5.92 Å². The summed E-state index contributed by atoms with van der Waals surface area (Å²) in [5.41, 5.74) is 0. The molecule has 0 spiro atoms. The van der Waals surface area contributed by atoms with Gasteiger partial charge in [0, 0.05) is 6.08 Å². The molecule has 0 aromatic heterocycles. The van der Waals surface area contributed by atoms with Crippen LogP contribution in [0.25, 0.3) is 0 Å². The molecule has 1 rings (SSSR count). The summed E-state index contributed by atoms with van der Waals surface area (Å²) in [4.78, 5) is 0. The minimum absolute atomic E-state index is 0.678. The third-order valence-electron chi connectivity index (χ3n) is 2.67. The first-order valence-electron chi connectivity index (χ1n) is 5.60. The number of alkyl halides is 11. The van der Waals surface area contributed by atoms with Crippen molar-refractivity contribution >= 4 is 0 Å². The summed E-state index contributed by atoms with van der Waals surface area (Å²) in [6.07, 6.45) is -24.7. The molecule has 0 radical (unpaired) electrons. The Labute approximate surface area is 120 Å². The van der Waals surface area contributed by atoms with E-state index >= 15 is 0 Å². The molecule has 0 N–H and O–H groups in total. The van der Waals surface area contributed by atoms with Crippen LogP contribution in [0.4, 0.5) is 48.3 Å². The van der Waals surface area contributed by atoms with E-state index in [9.17, 15) is 48.3 Å². The van der Waals surface area contributed by atoms with Gasteiger partial charge in [0.2, 0.25) is 6.10 Å². The molecule has 3 atom stereocenters. The van der Waals surface area contributed by atoms with E-state index < -0.39 is 61.5 Å². The van der Waals surface area contributed by atoms with Gasteiger partial charge in [0.25, 0.3) is 0 Å². The molecule has 1 fully saturated rings. The number of ether oxygens (including phenoxy) is 2. The number of halogens is 11. The van der Waals surface area contributed by atoms with Crippen LogP contribution < -0.4 is 0 Å². The Kier molecular flexibility index (Phi) is 5.14. The first kappa shape index (κ1) is 19.8. The van der Waals surface area contributed by atoms with Gasteiger partial charge in [-0.1, -0.05) is 0 Å². The van der Waals surface area contributed by atoms with Crippen molar-refractivity contribution in [1.29, 1.82) is 0 Å². The standard InChI is InChI=1S/C10H7F11O2/c11-7(12,10(19,20)21)1-2-22-6(9(16,17)18)5(4-3-23-4)8(13,14)15/h1-2,4-6H,3H2. The van der Waals surface area contributed by atoms with Crippen molar-refractivity contribution < 1.29 is 57.8 Å². The molecule has 0 bridgehead atoms. The van der Waals surface area contributed by atoms with Crippen LogP contribution in [0.15, 0.2) is 12.3 Å². The van der Waals surface area contributed by atoms with E-state index in [1.54, 1.807) is 0 Å². The number of hydrogen-bond acceptors (Lipinski definition) is 2. The number of epoxide rings is 1. The van der Waals surface area contributed by atoms with E-state index in [0.717, 1.165) is 0 Å². The third kappa shape index (κ3) is 5.11. The highest BCUT2D eigenvalue weighted by Crippen LogP contribution is 2.44. The lowest BCUT2D eigenvalue weighted by molar-refractivity contribution is -0.280. The Balaban J connectivity index is 2.97. The molecule has 0 aliphatic carbocycles. The normalized spacial score (nSPS) is 23.0. The van der Waals surface area contributed by atoms with Crippen molar-refractivity contribution in [2.75, 3.05) is 6.61 Å². The second kappa shape index (κ2) is 5.98. The zero-order valence-corrected chi connectivity index (χ0v) is 10.6. The van der Waals surface area contributed by atoms with Gasteiger partial charge < -0.3 is 9.47 Å². The molecule has 2 nitrogen and oxygen atoms in total. The first-order chi connectivity index (χ1) is 10.1. The van der Waals surface area contributed by atoms with Crippen LogP contribution in [0.3, 0.4) is 0 Å². The van der Waals surface area contributed by atoms with E-state index in [1.165, 1.54) is 0 Å². The fraction of sp³-hybridized carbons (Fsp3) is 0.800. The molecule has 0 saturated carbocycles. The van der Waals surface area contributed by atoms with Crippen molar-refractivity contribution in [1.82, 2.24) is 0 Å². The van der Waals surface area contributed by atoms with E-state index in [4.69, 9.17) is 0 Å². The summed E-state index contributed by atoms with van der Waals surface area (Å²) < 4.78 is 144. The van der Waals surface area contributed by atoms with Crippen molar-refractivity contribution in [2.24, 2.45) is 5.92 Å². The Bertz CT molecular complexity index is 430. The average molecular weight is 368 g/mol. The molecule has 3 unspecified atom stereocenters. The van der Waals surface area contributed by atoms with Gasteiger partial charge in [-0.15, -0.1) is 0 Å². The highest BCUT2D eigenvalue weighted by atomic mass is 19.4. The smallest absolute Gasteiger partial charge is 0.457 e. The average Bonchev–Trinajstić information content (AvgIpc) is 3.06. The zero-order valence-electron chi connectivity index (χ0n) is 10.6. The molecule has 1 saturated heterocycles. The lowest BCUT2D eigenvalue weighted by Gasteiger charge is -2.29. The topological polar surface area (TPSA) is 21.8 Å². The lowest BCUT2D eigenvalue weighted by atomic mass is 9.97. The van der Waals surface area contributed by atoms with Crippen molar-refractivity contribution in [3.05, 3.63) is 12.3 Å². The van der Waals surface area contributed by atoms with Crippen LogP contribution in [-0.4, -0.2) is 43.3 Å². The Morgan fingerprint density at radius 2 is 1.35 bits per heavy atom. The van der Waals surface area contributed by atoms with Crippen molar-refractivity contribution in [2.45, 2.75) is 36.7 Å². The second-order valence-corrected chi connectivity index (χ2v) is 4.46. The van der Waals surface area contributed by atoms with Crippen LogP contribution in [0.1, 0.15) is 0 Å². The van der Waals surface area contributed by atoms with Gasteiger partial charge in [-0.3, -0.25) is 0 Å². The molecule has 1 heterocycles. The minimum Gasteiger partial charge on any atom is -0.488 e. The van der Waals surface area contributed by atoms with Crippen LogP contribution >= 0.6 is 0 Å². The van der Waals surface area contributed by atoms with Crippen LogP contribution in [-0.2, 0) is 9.47 Å². The quantitative estimate of drug-likeness (QED) is 0.412. The summed E-state index contributed by atoms with van der Waals surface area (Å²) in [6.45, 7) is -0.678. The lowest BCUT2D eigenvalue weighted by Crippen LogP contribution is -2.47. The molecule has 1 aliphatic heterocycles. The van der Waals surface area contributed by atoms with Gasteiger partial charge in [-0.2, -0.15) is 48.3 Å². The largest absolute Gasteiger partial charge is 0.488 e. The van der Waals surface area contributed by atoms with Gasteiger partial charge >= 0.3 is 24.5 Å². The molecule has 1 aliphatic rings. The predicted octanol–water partition coefficient (Wildman–Crippen LogP) is 4.22. The van der Waals surface area contributed by atoms with E-state index in [2.05, 4.69) is 9.47 Å². The number of rotatable bonds is 5. The van der Waals surface area contributed by atoms with E-state index in [0.29, 0.717) is 0 Å². The highest BCUT2D eigenvalue weighted by molar-refractivity contribution is 4.99. The Morgan fingerprint density at radius 3 is 1.65 bits per heavy atom. The summed E-state index contributed by atoms with van der Waals surface area (Å²) in [7, 11) is 0. The molecular formula is C10H7F11O2.